The maximum absolute atomic E-state index is 5.91. The first-order valence-electron chi connectivity index (χ1n) is 5.95. The van der Waals surface area contributed by atoms with Crippen LogP contribution in [0, 0.1) is 5.92 Å². The van der Waals surface area contributed by atoms with Gasteiger partial charge in [-0.25, -0.2) is 0 Å². The molecule has 0 aromatic carbocycles. The molecular formula is C13H18BrNO. The van der Waals surface area contributed by atoms with E-state index < -0.39 is 0 Å². The van der Waals surface area contributed by atoms with Gasteiger partial charge < -0.3 is 4.74 Å². The topological polar surface area (TPSA) is 22.1 Å². The summed E-state index contributed by atoms with van der Waals surface area (Å²) in [5.74, 6) is 0.882. The van der Waals surface area contributed by atoms with E-state index in [4.69, 9.17) is 4.74 Å². The summed E-state index contributed by atoms with van der Waals surface area (Å²) in [6.07, 6.45) is 9.16. The number of halogens is 1. The number of hydrogen-bond acceptors (Lipinski definition) is 2. The Balaban J connectivity index is 1.79. The van der Waals surface area contributed by atoms with Gasteiger partial charge in [0.1, 0.15) is 0 Å². The highest BCUT2D eigenvalue weighted by Gasteiger charge is 2.18. The molecule has 1 saturated carbocycles. The van der Waals surface area contributed by atoms with Gasteiger partial charge >= 0.3 is 0 Å². The third-order valence-corrected chi connectivity index (χ3v) is 3.64. The van der Waals surface area contributed by atoms with Crippen molar-refractivity contribution in [1.82, 2.24) is 4.98 Å². The lowest BCUT2D eigenvalue weighted by Gasteiger charge is -2.26. The van der Waals surface area contributed by atoms with Crippen LogP contribution >= 0.6 is 15.9 Å². The first-order valence-corrected chi connectivity index (χ1v) is 6.74. The quantitative estimate of drug-likeness (QED) is 0.838. The van der Waals surface area contributed by atoms with Crippen molar-refractivity contribution in [3.63, 3.8) is 0 Å². The standard InChI is InChI=1S/C13H18BrNO/c1-10-2-4-13(5-3-10)16-9-11-6-12(14)8-15-7-11/h6-8,10,13H,2-5,9H2,1H3. The number of pyridine rings is 1. The molecule has 1 heterocycles. The van der Waals surface area contributed by atoms with E-state index in [0.717, 1.165) is 16.0 Å². The van der Waals surface area contributed by atoms with Crippen LogP contribution in [0.3, 0.4) is 0 Å². The van der Waals surface area contributed by atoms with Crippen molar-refractivity contribution in [2.75, 3.05) is 0 Å². The first kappa shape index (κ1) is 12.1. The van der Waals surface area contributed by atoms with Crippen molar-refractivity contribution in [2.45, 2.75) is 45.3 Å². The summed E-state index contributed by atoms with van der Waals surface area (Å²) in [4.78, 5) is 4.13. The maximum atomic E-state index is 5.91. The van der Waals surface area contributed by atoms with Crippen molar-refractivity contribution in [2.24, 2.45) is 5.92 Å². The largest absolute Gasteiger partial charge is 0.373 e. The monoisotopic (exact) mass is 283 g/mol. The molecule has 1 aliphatic rings. The molecule has 0 N–H and O–H groups in total. The average Bonchev–Trinajstić information content (AvgIpc) is 2.28. The van der Waals surface area contributed by atoms with Crippen LogP contribution < -0.4 is 0 Å². The first-order chi connectivity index (χ1) is 7.74. The Bertz CT molecular complexity index is 334. The van der Waals surface area contributed by atoms with Crippen molar-refractivity contribution in [1.29, 1.82) is 0 Å². The fourth-order valence-electron chi connectivity index (χ4n) is 2.15. The number of rotatable bonds is 3. The predicted octanol–water partition coefficient (Wildman–Crippen LogP) is 3.94. The van der Waals surface area contributed by atoms with E-state index in [2.05, 4.69) is 33.9 Å². The minimum Gasteiger partial charge on any atom is -0.373 e. The highest BCUT2D eigenvalue weighted by Crippen LogP contribution is 2.26. The Morgan fingerprint density at radius 3 is 2.75 bits per heavy atom. The van der Waals surface area contributed by atoms with Crippen molar-refractivity contribution in [3.05, 3.63) is 28.5 Å². The van der Waals surface area contributed by atoms with E-state index in [1.165, 1.54) is 25.7 Å². The summed E-state index contributed by atoms with van der Waals surface area (Å²) in [6, 6.07) is 2.07. The molecule has 0 spiro atoms. The minimum atomic E-state index is 0.454. The van der Waals surface area contributed by atoms with Gasteiger partial charge in [0, 0.05) is 16.9 Å². The number of aromatic nitrogens is 1. The van der Waals surface area contributed by atoms with Crippen LogP contribution in [0.4, 0.5) is 0 Å². The zero-order chi connectivity index (χ0) is 11.4. The summed E-state index contributed by atoms with van der Waals surface area (Å²) >= 11 is 3.42. The fraction of sp³-hybridized carbons (Fsp3) is 0.615. The molecule has 1 fully saturated rings. The molecule has 0 saturated heterocycles. The minimum absolute atomic E-state index is 0.454. The normalized spacial score (nSPS) is 25.6. The van der Waals surface area contributed by atoms with Gasteiger partial charge in [0.2, 0.25) is 0 Å². The Morgan fingerprint density at radius 2 is 2.06 bits per heavy atom. The van der Waals surface area contributed by atoms with Gasteiger partial charge in [-0.2, -0.15) is 0 Å². The smallest absolute Gasteiger partial charge is 0.0735 e. The second-order valence-electron chi connectivity index (χ2n) is 4.70. The van der Waals surface area contributed by atoms with E-state index in [1.807, 2.05) is 6.20 Å². The second-order valence-corrected chi connectivity index (χ2v) is 5.62. The zero-order valence-corrected chi connectivity index (χ0v) is 11.2. The number of hydrogen-bond donors (Lipinski definition) is 0. The lowest BCUT2D eigenvalue weighted by Crippen LogP contribution is -2.20. The van der Waals surface area contributed by atoms with Crippen LogP contribution in [0.1, 0.15) is 38.2 Å². The second kappa shape index (κ2) is 5.78. The lowest BCUT2D eigenvalue weighted by molar-refractivity contribution is 0.00864. The molecule has 16 heavy (non-hydrogen) atoms. The van der Waals surface area contributed by atoms with Gasteiger partial charge in [0.05, 0.1) is 12.7 Å². The number of ether oxygens (including phenoxy) is 1. The highest BCUT2D eigenvalue weighted by molar-refractivity contribution is 9.10. The van der Waals surface area contributed by atoms with Crippen molar-refractivity contribution >= 4 is 15.9 Å². The predicted molar refractivity (Wildman–Crippen MR) is 68.1 cm³/mol. The molecule has 1 aliphatic carbocycles. The summed E-state index contributed by atoms with van der Waals surface area (Å²) in [7, 11) is 0. The van der Waals surface area contributed by atoms with Crippen molar-refractivity contribution < 1.29 is 4.74 Å². The molecule has 0 radical (unpaired) electrons. The molecule has 0 atom stereocenters. The molecule has 0 amide bonds. The molecule has 3 heteroatoms. The van der Waals surface area contributed by atoms with E-state index >= 15 is 0 Å². The van der Waals surface area contributed by atoms with Crippen LogP contribution in [0.5, 0.6) is 0 Å². The van der Waals surface area contributed by atoms with Gasteiger partial charge in [0.25, 0.3) is 0 Å². The molecule has 2 nitrogen and oxygen atoms in total. The Hall–Kier alpha value is -0.410. The summed E-state index contributed by atoms with van der Waals surface area (Å²) in [6.45, 7) is 3.01. The molecule has 2 rings (SSSR count). The molecule has 0 bridgehead atoms. The third-order valence-electron chi connectivity index (χ3n) is 3.21. The maximum Gasteiger partial charge on any atom is 0.0735 e. The van der Waals surface area contributed by atoms with Crippen LogP contribution in [0.2, 0.25) is 0 Å². The van der Waals surface area contributed by atoms with E-state index in [-0.39, 0.29) is 0 Å². The lowest BCUT2D eigenvalue weighted by atomic mass is 9.89. The van der Waals surface area contributed by atoms with Gasteiger partial charge in [-0.05, 0) is 59.2 Å². The van der Waals surface area contributed by atoms with Gasteiger partial charge in [-0.15, -0.1) is 0 Å². The van der Waals surface area contributed by atoms with E-state index in [1.54, 1.807) is 6.20 Å². The SMILES string of the molecule is CC1CCC(OCc2cncc(Br)c2)CC1. The summed E-state index contributed by atoms with van der Waals surface area (Å²) in [5.41, 5.74) is 1.15. The van der Waals surface area contributed by atoms with Crippen molar-refractivity contribution in [3.8, 4) is 0 Å². The highest BCUT2D eigenvalue weighted by atomic mass is 79.9. The molecule has 0 aliphatic heterocycles. The third kappa shape index (κ3) is 3.56. The Kier molecular flexibility index (Phi) is 4.36. The van der Waals surface area contributed by atoms with Crippen LogP contribution in [0.15, 0.2) is 22.9 Å². The number of nitrogens with zero attached hydrogens (tertiary/aromatic N) is 1. The van der Waals surface area contributed by atoms with Crippen LogP contribution in [0.25, 0.3) is 0 Å². The molecular weight excluding hydrogens is 266 g/mol. The van der Waals surface area contributed by atoms with Crippen LogP contribution in [-0.2, 0) is 11.3 Å². The molecule has 0 unspecified atom stereocenters. The molecule has 1 aromatic rings. The average molecular weight is 284 g/mol. The zero-order valence-electron chi connectivity index (χ0n) is 9.66. The fourth-order valence-corrected chi connectivity index (χ4v) is 2.56. The van der Waals surface area contributed by atoms with Gasteiger partial charge in [0.15, 0.2) is 0 Å². The molecule has 88 valence electrons. The van der Waals surface area contributed by atoms with Gasteiger partial charge in [-0.3, -0.25) is 4.98 Å². The Labute approximate surface area is 106 Å². The summed E-state index contributed by atoms with van der Waals surface area (Å²) in [5, 5.41) is 0. The van der Waals surface area contributed by atoms with Gasteiger partial charge in [-0.1, -0.05) is 6.92 Å². The van der Waals surface area contributed by atoms with E-state index in [9.17, 15) is 0 Å². The molecule has 1 aromatic heterocycles. The Morgan fingerprint density at radius 1 is 1.31 bits per heavy atom. The van der Waals surface area contributed by atoms with Crippen LogP contribution in [-0.4, -0.2) is 11.1 Å². The summed E-state index contributed by atoms with van der Waals surface area (Å²) < 4.78 is 6.93. The van der Waals surface area contributed by atoms with E-state index in [0.29, 0.717) is 12.7 Å².